The fraction of sp³-hybridized carbons (Fsp3) is 0.812. The summed E-state index contributed by atoms with van der Waals surface area (Å²) in [6.45, 7) is 10.9. The number of rotatable bonds is 5. The van der Waals surface area contributed by atoms with Crippen molar-refractivity contribution >= 4 is 0 Å². The van der Waals surface area contributed by atoms with E-state index < -0.39 is 0 Å². The van der Waals surface area contributed by atoms with Crippen LogP contribution in [0, 0.1) is 12.3 Å². The molecular formula is C16H29N3O. The van der Waals surface area contributed by atoms with Gasteiger partial charge in [0.2, 0.25) is 0 Å². The Labute approximate surface area is 122 Å². The highest BCUT2D eigenvalue weighted by Crippen LogP contribution is 2.41. The molecule has 20 heavy (non-hydrogen) atoms. The van der Waals surface area contributed by atoms with Gasteiger partial charge in [-0.25, -0.2) is 0 Å². The standard InChI is InChI=1S/C16H29N3O/c1-5-19-14(10-13(2)18-19)11-20-16(12-17)8-6-15(3,4)7-9-16/h10H,5-9,11-12,17H2,1-4H3. The van der Waals surface area contributed by atoms with Crippen LogP contribution in [-0.2, 0) is 17.9 Å². The molecule has 0 radical (unpaired) electrons. The minimum Gasteiger partial charge on any atom is -0.367 e. The van der Waals surface area contributed by atoms with Crippen molar-refractivity contribution in [3.63, 3.8) is 0 Å². The average Bonchev–Trinajstić information content (AvgIpc) is 2.79. The quantitative estimate of drug-likeness (QED) is 0.901. The molecule has 0 saturated heterocycles. The van der Waals surface area contributed by atoms with Gasteiger partial charge in [-0.2, -0.15) is 5.10 Å². The number of aromatic nitrogens is 2. The molecule has 0 aliphatic heterocycles. The van der Waals surface area contributed by atoms with Crippen LogP contribution in [0.5, 0.6) is 0 Å². The summed E-state index contributed by atoms with van der Waals surface area (Å²) < 4.78 is 8.29. The van der Waals surface area contributed by atoms with Crippen LogP contribution in [0.2, 0.25) is 0 Å². The SMILES string of the molecule is CCn1nc(C)cc1COC1(CN)CCC(C)(C)CC1. The Morgan fingerprint density at radius 2 is 1.95 bits per heavy atom. The molecule has 1 aromatic rings. The van der Waals surface area contributed by atoms with E-state index in [1.54, 1.807) is 0 Å². The van der Waals surface area contributed by atoms with Gasteiger partial charge in [-0.15, -0.1) is 0 Å². The Kier molecular flexibility index (Phi) is 4.55. The highest BCUT2D eigenvalue weighted by Gasteiger charge is 2.38. The van der Waals surface area contributed by atoms with Crippen molar-refractivity contribution in [2.45, 2.75) is 72.1 Å². The van der Waals surface area contributed by atoms with Crippen LogP contribution in [0.3, 0.4) is 0 Å². The van der Waals surface area contributed by atoms with Gasteiger partial charge < -0.3 is 10.5 Å². The lowest BCUT2D eigenvalue weighted by Crippen LogP contribution is -2.45. The van der Waals surface area contributed by atoms with Crippen LogP contribution in [0.4, 0.5) is 0 Å². The summed E-state index contributed by atoms with van der Waals surface area (Å²) in [6.07, 6.45) is 4.51. The van der Waals surface area contributed by atoms with Crippen molar-refractivity contribution < 1.29 is 4.74 Å². The van der Waals surface area contributed by atoms with Crippen LogP contribution in [0.1, 0.15) is 57.8 Å². The van der Waals surface area contributed by atoms with Crippen molar-refractivity contribution in [3.05, 3.63) is 17.5 Å². The number of hydrogen-bond acceptors (Lipinski definition) is 3. The molecule has 0 bridgehead atoms. The molecule has 1 saturated carbocycles. The summed E-state index contributed by atoms with van der Waals surface area (Å²) in [7, 11) is 0. The van der Waals surface area contributed by atoms with E-state index >= 15 is 0 Å². The maximum Gasteiger partial charge on any atom is 0.0893 e. The van der Waals surface area contributed by atoms with E-state index in [-0.39, 0.29) is 5.60 Å². The van der Waals surface area contributed by atoms with E-state index in [4.69, 9.17) is 10.5 Å². The van der Waals surface area contributed by atoms with E-state index in [1.165, 1.54) is 12.8 Å². The summed E-state index contributed by atoms with van der Waals surface area (Å²) in [5.74, 6) is 0. The zero-order valence-electron chi connectivity index (χ0n) is 13.4. The predicted octanol–water partition coefficient (Wildman–Crippen LogP) is 3.03. The molecule has 0 atom stereocenters. The normalized spacial score (nSPS) is 21.1. The summed E-state index contributed by atoms with van der Waals surface area (Å²) >= 11 is 0. The molecule has 2 N–H and O–H groups in total. The first-order valence-electron chi connectivity index (χ1n) is 7.77. The number of nitrogens with two attached hydrogens (primary N) is 1. The summed E-state index contributed by atoms with van der Waals surface area (Å²) in [5.41, 5.74) is 8.53. The Hall–Kier alpha value is -0.870. The topological polar surface area (TPSA) is 53.1 Å². The highest BCUT2D eigenvalue weighted by atomic mass is 16.5. The molecule has 4 heteroatoms. The van der Waals surface area contributed by atoms with Crippen molar-refractivity contribution in [2.24, 2.45) is 11.1 Å². The predicted molar refractivity (Wildman–Crippen MR) is 81.5 cm³/mol. The Morgan fingerprint density at radius 3 is 2.50 bits per heavy atom. The second-order valence-corrected chi connectivity index (χ2v) is 6.93. The minimum atomic E-state index is -0.133. The van der Waals surface area contributed by atoms with E-state index in [2.05, 4.69) is 31.9 Å². The van der Waals surface area contributed by atoms with Crippen LogP contribution >= 0.6 is 0 Å². The monoisotopic (exact) mass is 279 g/mol. The molecule has 1 heterocycles. The molecule has 0 unspecified atom stereocenters. The Morgan fingerprint density at radius 1 is 1.30 bits per heavy atom. The molecule has 2 rings (SSSR count). The lowest BCUT2D eigenvalue weighted by Gasteiger charge is -2.42. The summed E-state index contributed by atoms with van der Waals surface area (Å²) in [5, 5.41) is 4.47. The number of hydrogen-bond donors (Lipinski definition) is 1. The second-order valence-electron chi connectivity index (χ2n) is 6.93. The summed E-state index contributed by atoms with van der Waals surface area (Å²) in [6, 6.07) is 2.11. The summed E-state index contributed by atoms with van der Waals surface area (Å²) in [4.78, 5) is 0. The van der Waals surface area contributed by atoms with Gasteiger partial charge in [-0.3, -0.25) is 4.68 Å². The fourth-order valence-corrected chi connectivity index (χ4v) is 3.01. The van der Waals surface area contributed by atoms with Crippen LogP contribution in [0.15, 0.2) is 6.07 Å². The van der Waals surface area contributed by atoms with E-state index in [1.807, 2.05) is 11.6 Å². The van der Waals surface area contributed by atoms with E-state index in [0.717, 1.165) is 30.8 Å². The third-order valence-electron chi connectivity index (χ3n) is 4.70. The van der Waals surface area contributed by atoms with Crippen molar-refractivity contribution in [3.8, 4) is 0 Å². The smallest absolute Gasteiger partial charge is 0.0893 e. The molecule has 1 aromatic heterocycles. The van der Waals surface area contributed by atoms with Crippen molar-refractivity contribution in [1.82, 2.24) is 9.78 Å². The molecule has 0 spiro atoms. The van der Waals surface area contributed by atoms with Gasteiger partial charge in [0, 0.05) is 13.1 Å². The lowest BCUT2D eigenvalue weighted by molar-refractivity contribution is -0.0922. The molecule has 0 aromatic carbocycles. The number of ether oxygens (including phenoxy) is 1. The van der Waals surface area contributed by atoms with Gasteiger partial charge in [0.05, 0.1) is 23.6 Å². The molecule has 1 fully saturated rings. The van der Waals surface area contributed by atoms with Crippen LogP contribution in [0.25, 0.3) is 0 Å². The Balaban J connectivity index is 2.00. The first kappa shape index (κ1) is 15.5. The van der Waals surface area contributed by atoms with Gasteiger partial charge in [0.25, 0.3) is 0 Å². The highest BCUT2D eigenvalue weighted by molar-refractivity contribution is 5.08. The van der Waals surface area contributed by atoms with Crippen molar-refractivity contribution in [1.29, 1.82) is 0 Å². The van der Waals surface area contributed by atoms with Crippen molar-refractivity contribution in [2.75, 3.05) is 6.54 Å². The zero-order chi connectivity index (χ0) is 14.8. The van der Waals surface area contributed by atoms with Gasteiger partial charge in [0.1, 0.15) is 0 Å². The second kappa shape index (κ2) is 5.86. The number of aryl methyl sites for hydroxylation is 2. The first-order chi connectivity index (χ1) is 9.40. The van der Waals surface area contributed by atoms with Crippen LogP contribution in [-0.4, -0.2) is 21.9 Å². The van der Waals surface area contributed by atoms with Gasteiger partial charge in [-0.05, 0) is 51.0 Å². The third-order valence-corrected chi connectivity index (χ3v) is 4.70. The lowest BCUT2D eigenvalue weighted by atomic mass is 9.71. The van der Waals surface area contributed by atoms with Gasteiger partial charge >= 0.3 is 0 Å². The zero-order valence-corrected chi connectivity index (χ0v) is 13.4. The molecule has 4 nitrogen and oxygen atoms in total. The molecule has 0 amide bonds. The maximum absolute atomic E-state index is 6.27. The maximum atomic E-state index is 6.27. The largest absolute Gasteiger partial charge is 0.367 e. The van der Waals surface area contributed by atoms with Gasteiger partial charge in [0.15, 0.2) is 0 Å². The third kappa shape index (κ3) is 3.41. The first-order valence-corrected chi connectivity index (χ1v) is 7.77. The fourth-order valence-electron chi connectivity index (χ4n) is 3.01. The van der Waals surface area contributed by atoms with E-state index in [0.29, 0.717) is 18.6 Å². The van der Waals surface area contributed by atoms with Gasteiger partial charge in [-0.1, -0.05) is 13.8 Å². The minimum absolute atomic E-state index is 0.133. The average molecular weight is 279 g/mol. The van der Waals surface area contributed by atoms with Crippen LogP contribution < -0.4 is 5.73 Å². The number of nitrogens with zero attached hydrogens (tertiary/aromatic N) is 2. The molecule has 1 aliphatic carbocycles. The molecule has 114 valence electrons. The Bertz CT molecular complexity index is 441. The van der Waals surface area contributed by atoms with E-state index in [9.17, 15) is 0 Å². The molecule has 1 aliphatic rings. The molecular weight excluding hydrogens is 250 g/mol.